The van der Waals surface area contributed by atoms with E-state index in [1.165, 1.54) is 12.1 Å². The molecule has 5 heteroatoms. The Hall–Kier alpha value is -2.50. The fraction of sp³-hybridized carbons (Fsp3) is 0.286. The fourth-order valence-electron chi connectivity index (χ4n) is 3.25. The van der Waals surface area contributed by atoms with Gasteiger partial charge in [-0.3, -0.25) is 9.58 Å². The molecule has 0 saturated carbocycles. The number of hydrogen-bond donors (Lipinski definition) is 0. The van der Waals surface area contributed by atoms with Crippen LogP contribution in [0.5, 0.6) is 0 Å². The number of morpholine rings is 1. The van der Waals surface area contributed by atoms with Gasteiger partial charge < -0.3 is 4.74 Å². The third kappa shape index (κ3) is 3.84. The second kappa shape index (κ2) is 7.81. The van der Waals surface area contributed by atoms with Gasteiger partial charge in [0, 0.05) is 25.2 Å². The molecule has 0 N–H and O–H groups in total. The lowest BCUT2D eigenvalue weighted by atomic mass is 10.1. The van der Waals surface area contributed by atoms with Gasteiger partial charge in [-0.25, -0.2) is 4.39 Å². The van der Waals surface area contributed by atoms with Crippen LogP contribution in [0.2, 0.25) is 0 Å². The quantitative estimate of drug-likeness (QED) is 0.702. The minimum atomic E-state index is -0.233. The number of benzene rings is 2. The van der Waals surface area contributed by atoms with E-state index in [2.05, 4.69) is 27.8 Å². The Bertz CT molecular complexity index is 839. The summed E-state index contributed by atoms with van der Waals surface area (Å²) in [7, 11) is 0. The molecule has 1 aromatic heterocycles. The highest BCUT2D eigenvalue weighted by Gasteiger charge is 2.14. The van der Waals surface area contributed by atoms with Gasteiger partial charge in [0.15, 0.2) is 0 Å². The molecule has 0 spiro atoms. The molecule has 1 aliphatic heterocycles. The molecule has 0 atom stereocenters. The Morgan fingerprint density at radius 3 is 2.35 bits per heavy atom. The Balaban J connectivity index is 1.62. The Morgan fingerprint density at radius 2 is 1.62 bits per heavy atom. The van der Waals surface area contributed by atoms with Crippen molar-refractivity contribution >= 4 is 0 Å². The first-order valence-corrected chi connectivity index (χ1v) is 8.99. The molecule has 4 rings (SSSR count). The van der Waals surface area contributed by atoms with Crippen molar-refractivity contribution in [1.82, 2.24) is 14.7 Å². The van der Waals surface area contributed by atoms with Gasteiger partial charge in [-0.2, -0.15) is 5.10 Å². The summed E-state index contributed by atoms with van der Waals surface area (Å²) < 4.78 is 20.7. The van der Waals surface area contributed by atoms with Crippen LogP contribution in [-0.2, 0) is 11.3 Å². The lowest BCUT2D eigenvalue weighted by molar-refractivity contribution is 0.0360. The maximum Gasteiger partial charge on any atom is 0.123 e. The molecule has 4 nitrogen and oxygen atoms in total. The summed E-state index contributed by atoms with van der Waals surface area (Å²) >= 11 is 0. The van der Waals surface area contributed by atoms with Crippen LogP contribution in [-0.4, -0.2) is 47.5 Å². The van der Waals surface area contributed by atoms with E-state index in [1.54, 1.807) is 12.1 Å². The van der Waals surface area contributed by atoms with Crippen molar-refractivity contribution in [2.45, 2.75) is 6.54 Å². The van der Waals surface area contributed by atoms with Gasteiger partial charge in [-0.05, 0) is 35.9 Å². The van der Waals surface area contributed by atoms with Crippen molar-refractivity contribution in [1.29, 1.82) is 0 Å². The highest BCUT2D eigenvalue weighted by molar-refractivity contribution is 5.68. The van der Waals surface area contributed by atoms with Crippen molar-refractivity contribution in [3.63, 3.8) is 0 Å². The van der Waals surface area contributed by atoms with Crippen molar-refractivity contribution in [2.24, 2.45) is 0 Å². The van der Waals surface area contributed by atoms with E-state index < -0.39 is 0 Å². The molecule has 2 heterocycles. The molecular formula is C21H22FN3O. The molecule has 1 saturated heterocycles. The van der Waals surface area contributed by atoms with E-state index in [0.717, 1.165) is 61.9 Å². The third-order valence-corrected chi connectivity index (χ3v) is 4.72. The first-order valence-electron chi connectivity index (χ1n) is 8.99. The van der Waals surface area contributed by atoms with E-state index in [4.69, 9.17) is 9.84 Å². The molecule has 134 valence electrons. The van der Waals surface area contributed by atoms with Crippen LogP contribution in [0.3, 0.4) is 0 Å². The summed E-state index contributed by atoms with van der Waals surface area (Å²) in [5.74, 6) is -0.233. The number of aromatic nitrogens is 2. The van der Waals surface area contributed by atoms with Gasteiger partial charge in [0.05, 0.1) is 31.1 Å². The van der Waals surface area contributed by atoms with E-state index >= 15 is 0 Å². The molecule has 1 aliphatic rings. The summed E-state index contributed by atoms with van der Waals surface area (Å²) in [4.78, 5) is 2.40. The predicted octanol–water partition coefficient (Wildman–Crippen LogP) is 3.69. The summed E-state index contributed by atoms with van der Waals surface area (Å²) in [6.07, 6.45) is 0. The molecule has 0 unspecified atom stereocenters. The Morgan fingerprint density at radius 1 is 0.885 bits per heavy atom. The molecule has 2 aromatic carbocycles. The lowest BCUT2D eigenvalue weighted by Gasteiger charge is -2.26. The van der Waals surface area contributed by atoms with Crippen molar-refractivity contribution in [3.05, 3.63) is 66.5 Å². The monoisotopic (exact) mass is 351 g/mol. The van der Waals surface area contributed by atoms with E-state index in [1.807, 2.05) is 18.2 Å². The summed E-state index contributed by atoms with van der Waals surface area (Å²) in [5.41, 5.74) is 4.01. The van der Waals surface area contributed by atoms with Crippen molar-refractivity contribution in [2.75, 3.05) is 32.8 Å². The van der Waals surface area contributed by atoms with Gasteiger partial charge in [0.25, 0.3) is 0 Å². The topological polar surface area (TPSA) is 30.3 Å². The van der Waals surface area contributed by atoms with Crippen molar-refractivity contribution in [3.8, 4) is 22.5 Å². The van der Waals surface area contributed by atoms with Crippen LogP contribution >= 0.6 is 0 Å². The van der Waals surface area contributed by atoms with Gasteiger partial charge in [-0.1, -0.05) is 30.3 Å². The zero-order chi connectivity index (χ0) is 17.8. The first kappa shape index (κ1) is 16.9. The SMILES string of the molecule is Fc1ccc(-c2cc(-c3ccccc3)n(CCN3CCOCC3)n2)cc1. The van der Waals surface area contributed by atoms with Gasteiger partial charge in [-0.15, -0.1) is 0 Å². The molecular weight excluding hydrogens is 329 g/mol. The molecule has 0 bridgehead atoms. The summed E-state index contributed by atoms with van der Waals surface area (Å²) in [6, 6.07) is 18.9. The first-order chi connectivity index (χ1) is 12.8. The van der Waals surface area contributed by atoms with Crippen LogP contribution in [0, 0.1) is 5.82 Å². The molecule has 0 radical (unpaired) electrons. The zero-order valence-electron chi connectivity index (χ0n) is 14.6. The van der Waals surface area contributed by atoms with Crippen LogP contribution in [0.25, 0.3) is 22.5 Å². The van der Waals surface area contributed by atoms with Gasteiger partial charge in [0.2, 0.25) is 0 Å². The predicted molar refractivity (Wildman–Crippen MR) is 100 cm³/mol. The number of hydrogen-bond acceptors (Lipinski definition) is 3. The second-order valence-corrected chi connectivity index (χ2v) is 6.46. The van der Waals surface area contributed by atoms with Crippen LogP contribution in [0.1, 0.15) is 0 Å². The maximum absolute atomic E-state index is 13.2. The average molecular weight is 351 g/mol. The molecule has 26 heavy (non-hydrogen) atoms. The minimum absolute atomic E-state index is 0.233. The molecule has 0 amide bonds. The Kier molecular flexibility index (Phi) is 5.09. The van der Waals surface area contributed by atoms with E-state index in [-0.39, 0.29) is 5.82 Å². The number of ether oxygens (including phenoxy) is 1. The fourth-order valence-corrected chi connectivity index (χ4v) is 3.25. The van der Waals surface area contributed by atoms with Crippen LogP contribution < -0.4 is 0 Å². The largest absolute Gasteiger partial charge is 0.379 e. The smallest absolute Gasteiger partial charge is 0.123 e. The van der Waals surface area contributed by atoms with Crippen LogP contribution in [0.4, 0.5) is 4.39 Å². The zero-order valence-corrected chi connectivity index (χ0v) is 14.6. The third-order valence-electron chi connectivity index (χ3n) is 4.72. The highest BCUT2D eigenvalue weighted by Crippen LogP contribution is 2.26. The Labute approximate surface area is 152 Å². The second-order valence-electron chi connectivity index (χ2n) is 6.46. The average Bonchev–Trinajstić information content (AvgIpc) is 3.13. The maximum atomic E-state index is 13.2. The summed E-state index contributed by atoms with van der Waals surface area (Å²) in [6.45, 7) is 5.27. The van der Waals surface area contributed by atoms with Gasteiger partial charge >= 0.3 is 0 Å². The molecule has 1 fully saturated rings. The molecule has 0 aliphatic carbocycles. The summed E-state index contributed by atoms with van der Waals surface area (Å²) in [5, 5.41) is 4.81. The van der Waals surface area contributed by atoms with E-state index in [9.17, 15) is 4.39 Å². The highest BCUT2D eigenvalue weighted by atomic mass is 19.1. The van der Waals surface area contributed by atoms with Crippen LogP contribution in [0.15, 0.2) is 60.7 Å². The minimum Gasteiger partial charge on any atom is -0.379 e. The van der Waals surface area contributed by atoms with E-state index in [0.29, 0.717) is 0 Å². The lowest BCUT2D eigenvalue weighted by Crippen LogP contribution is -2.38. The number of halogens is 1. The number of rotatable bonds is 5. The molecule has 3 aromatic rings. The normalized spacial score (nSPS) is 15.3. The van der Waals surface area contributed by atoms with Crippen molar-refractivity contribution < 1.29 is 9.13 Å². The van der Waals surface area contributed by atoms with Gasteiger partial charge in [0.1, 0.15) is 5.82 Å². The number of nitrogens with zero attached hydrogens (tertiary/aromatic N) is 3. The standard InChI is InChI=1S/C21H22FN3O/c22-19-8-6-17(7-9-19)20-16-21(18-4-2-1-3-5-18)25(23-20)11-10-24-12-14-26-15-13-24/h1-9,16H,10-15H2.